The first-order valence-corrected chi connectivity index (χ1v) is 7.60. The molecule has 0 amide bonds. The van der Waals surface area contributed by atoms with Crippen molar-refractivity contribution in [1.82, 2.24) is 5.32 Å². The lowest BCUT2D eigenvalue weighted by Gasteiger charge is -2.31. The normalized spacial score (nSPS) is 15.2. The van der Waals surface area contributed by atoms with Crippen LogP contribution in [-0.2, 0) is 6.54 Å². The Morgan fingerprint density at radius 1 is 1.39 bits per heavy atom. The van der Waals surface area contributed by atoms with Gasteiger partial charge in [0, 0.05) is 29.3 Å². The smallest absolute Gasteiger partial charge is 0.0425 e. The Kier molecular flexibility index (Phi) is 4.68. The number of hydrogen-bond donors (Lipinski definition) is 1. The van der Waals surface area contributed by atoms with Crippen molar-refractivity contribution in [3.8, 4) is 0 Å². The molecule has 18 heavy (non-hydrogen) atoms. The van der Waals surface area contributed by atoms with Crippen LogP contribution in [0.5, 0.6) is 0 Å². The third kappa shape index (κ3) is 3.48. The van der Waals surface area contributed by atoms with Gasteiger partial charge in [0.1, 0.15) is 0 Å². The molecule has 0 bridgehead atoms. The Bertz CT molecular complexity index is 399. The predicted octanol–water partition coefficient (Wildman–Crippen LogP) is 3.79. The Morgan fingerprint density at radius 3 is 2.67 bits per heavy atom. The number of rotatable bonds is 6. The number of nitrogens with one attached hydrogen (secondary N) is 1. The van der Waals surface area contributed by atoms with Crippen LogP contribution in [-0.4, -0.2) is 19.6 Å². The van der Waals surface area contributed by atoms with Gasteiger partial charge in [0.05, 0.1) is 0 Å². The fourth-order valence-electron chi connectivity index (χ4n) is 2.31. The lowest BCUT2D eigenvalue weighted by atomic mass is 10.1. The highest BCUT2D eigenvalue weighted by atomic mass is 79.9. The largest absolute Gasteiger partial charge is 0.369 e. The van der Waals surface area contributed by atoms with Crippen LogP contribution in [0.1, 0.15) is 32.3 Å². The van der Waals surface area contributed by atoms with Gasteiger partial charge in [0.15, 0.2) is 0 Å². The zero-order valence-corrected chi connectivity index (χ0v) is 13.1. The number of hydrogen-bond acceptors (Lipinski definition) is 2. The minimum Gasteiger partial charge on any atom is -0.369 e. The third-order valence-corrected chi connectivity index (χ3v) is 3.99. The van der Waals surface area contributed by atoms with Crippen molar-refractivity contribution in [3.63, 3.8) is 0 Å². The van der Waals surface area contributed by atoms with Crippen molar-refractivity contribution in [2.45, 2.75) is 39.3 Å². The molecule has 1 aromatic rings. The van der Waals surface area contributed by atoms with E-state index >= 15 is 0 Å². The summed E-state index contributed by atoms with van der Waals surface area (Å²) in [6, 6.07) is 7.16. The maximum absolute atomic E-state index is 3.60. The van der Waals surface area contributed by atoms with E-state index in [4.69, 9.17) is 0 Å². The predicted molar refractivity (Wildman–Crippen MR) is 82.1 cm³/mol. The number of benzene rings is 1. The highest BCUT2D eigenvalue weighted by Gasteiger charge is 2.26. The van der Waals surface area contributed by atoms with Gasteiger partial charge in [-0.05, 0) is 57.4 Å². The van der Waals surface area contributed by atoms with Gasteiger partial charge in [-0.25, -0.2) is 0 Å². The van der Waals surface area contributed by atoms with E-state index in [0.717, 1.165) is 12.5 Å². The first-order valence-electron chi connectivity index (χ1n) is 6.81. The molecule has 1 aromatic carbocycles. The molecular formula is C15H23BrN2. The second-order valence-electron chi connectivity index (χ2n) is 5.49. The van der Waals surface area contributed by atoms with Crippen LogP contribution >= 0.6 is 15.9 Å². The highest BCUT2D eigenvalue weighted by molar-refractivity contribution is 9.10. The Hall–Kier alpha value is -0.540. The first-order chi connectivity index (χ1) is 8.61. The van der Waals surface area contributed by atoms with Crippen LogP contribution in [0.3, 0.4) is 0 Å². The van der Waals surface area contributed by atoms with E-state index in [0.29, 0.717) is 6.04 Å². The van der Waals surface area contributed by atoms with Crippen LogP contribution < -0.4 is 10.2 Å². The summed E-state index contributed by atoms with van der Waals surface area (Å²) in [6.07, 6.45) is 2.80. The molecule has 0 aromatic heterocycles. The summed E-state index contributed by atoms with van der Waals surface area (Å²) < 4.78 is 1.17. The summed E-state index contributed by atoms with van der Waals surface area (Å²) in [5.41, 5.74) is 2.76. The van der Waals surface area contributed by atoms with Gasteiger partial charge in [-0.2, -0.15) is 0 Å². The molecular weight excluding hydrogens is 288 g/mol. The fourth-order valence-corrected chi connectivity index (χ4v) is 2.66. The first kappa shape index (κ1) is 13.9. The molecule has 1 aliphatic carbocycles. The molecule has 0 radical (unpaired) electrons. The zero-order chi connectivity index (χ0) is 13.1. The summed E-state index contributed by atoms with van der Waals surface area (Å²) in [4.78, 5) is 2.55. The maximum atomic E-state index is 3.60. The SMILES string of the molecule is CNCc1ccc(Br)cc1N(CC1CC1)C(C)C. The van der Waals surface area contributed by atoms with Crippen LogP contribution in [0, 0.1) is 5.92 Å². The van der Waals surface area contributed by atoms with Crippen molar-refractivity contribution < 1.29 is 0 Å². The minimum atomic E-state index is 0.551. The number of nitrogens with zero attached hydrogens (tertiary/aromatic N) is 1. The van der Waals surface area contributed by atoms with E-state index in [9.17, 15) is 0 Å². The lowest BCUT2D eigenvalue weighted by molar-refractivity contribution is 0.639. The van der Waals surface area contributed by atoms with E-state index in [2.05, 4.69) is 58.2 Å². The van der Waals surface area contributed by atoms with Gasteiger partial charge in [-0.1, -0.05) is 22.0 Å². The molecule has 0 heterocycles. The Labute approximate surface area is 119 Å². The molecule has 1 N–H and O–H groups in total. The molecule has 2 nitrogen and oxygen atoms in total. The summed E-state index contributed by atoms with van der Waals surface area (Å²) >= 11 is 3.60. The number of halogens is 1. The third-order valence-electron chi connectivity index (χ3n) is 3.50. The Morgan fingerprint density at radius 2 is 2.11 bits per heavy atom. The van der Waals surface area contributed by atoms with E-state index < -0.39 is 0 Å². The van der Waals surface area contributed by atoms with Crippen LogP contribution in [0.4, 0.5) is 5.69 Å². The quantitative estimate of drug-likeness (QED) is 0.860. The lowest BCUT2D eigenvalue weighted by Crippen LogP contribution is -2.33. The van der Waals surface area contributed by atoms with E-state index in [1.165, 1.54) is 35.1 Å². The van der Waals surface area contributed by atoms with Crippen molar-refractivity contribution in [1.29, 1.82) is 0 Å². The average molecular weight is 311 g/mol. The molecule has 100 valence electrons. The van der Waals surface area contributed by atoms with Crippen molar-refractivity contribution in [2.75, 3.05) is 18.5 Å². The topological polar surface area (TPSA) is 15.3 Å². The van der Waals surface area contributed by atoms with Gasteiger partial charge in [-0.15, -0.1) is 0 Å². The summed E-state index contributed by atoms with van der Waals surface area (Å²) in [5, 5.41) is 3.26. The second kappa shape index (κ2) is 6.07. The molecule has 0 saturated heterocycles. The van der Waals surface area contributed by atoms with E-state index in [1.54, 1.807) is 0 Å². The van der Waals surface area contributed by atoms with Gasteiger partial charge < -0.3 is 10.2 Å². The van der Waals surface area contributed by atoms with Gasteiger partial charge >= 0.3 is 0 Å². The molecule has 2 rings (SSSR count). The standard InChI is InChI=1S/C15H23BrN2/c1-11(2)18(10-12-4-5-12)15-8-14(16)7-6-13(15)9-17-3/h6-8,11-12,17H,4-5,9-10H2,1-3H3. The van der Waals surface area contributed by atoms with Crippen LogP contribution in [0.15, 0.2) is 22.7 Å². The number of anilines is 1. The van der Waals surface area contributed by atoms with Gasteiger partial charge in [-0.3, -0.25) is 0 Å². The van der Waals surface area contributed by atoms with Crippen LogP contribution in [0.25, 0.3) is 0 Å². The molecule has 0 aliphatic heterocycles. The Balaban J connectivity index is 2.27. The average Bonchev–Trinajstić information content (AvgIpc) is 3.12. The maximum Gasteiger partial charge on any atom is 0.0425 e. The summed E-state index contributed by atoms with van der Waals surface area (Å²) in [7, 11) is 2.01. The van der Waals surface area contributed by atoms with Gasteiger partial charge in [0.2, 0.25) is 0 Å². The van der Waals surface area contributed by atoms with Crippen LogP contribution in [0.2, 0.25) is 0 Å². The van der Waals surface area contributed by atoms with Gasteiger partial charge in [0.25, 0.3) is 0 Å². The molecule has 0 spiro atoms. The molecule has 1 aliphatic rings. The van der Waals surface area contributed by atoms with Crippen molar-refractivity contribution in [3.05, 3.63) is 28.2 Å². The fraction of sp³-hybridized carbons (Fsp3) is 0.600. The second-order valence-corrected chi connectivity index (χ2v) is 6.41. The molecule has 3 heteroatoms. The van der Waals surface area contributed by atoms with E-state index in [1.807, 2.05) is 7.05 Å². The molecule has 0 atom stereocenters. The monoisotopic (exact) mass is 310 g/mol. The van der Waals surface area contributed by atoms with Crippen molar-refractivity contribution >= 4 is 21.6 Å². The summed E-state index contributed by atoms with van der Waals surface area (Å²) in [6.45, 7) is 6.69. The molecule has 1 saturated carbocycles. The zero-order valence-electron chi connectivity index (χ0n) is 11.5. The van der Waals surface area contributed by atoms with Crippen molar-refractivity contribution in [2.24, 2.45) is 5.92 Å². The molecule has 0 unspecified atom stereocenters. The summed E-state index contributed by atoms with van der Waals surface area (Å²) in [5.74, 6) is 0.911. The minimum absolute atomic E-state index is 0.551. The molecule has 1 fully saturated rings. The highest BCUT2D eigenvalue weighted by Crippen LogP contribution is 2.34. The van der Waals surface area contributed by atoms with E-state index in [-0.39, 0.29) is 0 Å².